The van der Waals surface area contributed by atoms with Crippen molar-refractivity contribution < 1.29 is 4.79 Å². The molecule has 2 aliphatic rings. The van der Waals surface area contributed by atoms with Crippen LogP contribution in [0, 0.1) is 17.3 Å². The van der Waals surface area contributed by atoms with Gasteiger partial charge >= 0.3 is 0 Å². The largest absolute Gasteiger partial charge is 0.369 e. The Bertz CT molecular complexity index is 411. The van der Waals surface area contributed by atoms with Crippen molar-refractivity contribution in [1.82, 2.24) is 4.90 Å². The topological polar surface area (TPSA) is 58.7 Å². The zero-order valence-corrected chi connectivity index (χ0v) is 12.3. The minimum Gasteiger partial charge on any atom is -0.369 e. The summed E-state index contributed by atoms with van der Waals surface area (Å²) < 4.78 is 0. The van der Waals surface area contributed by atoms with E-state index in [0.29, 0.717) is 29.6 Å². The van der Waals surface area contributed by atoms with Gasteiger partial charge in [-0.15, -0.1) is 0 Å². The molecule has 1 amide bonds. The molecular formula is C14H25N3O. The van der Waals surface area contributed by atoms with Crippen molar-refractivity contribution in [3.05, 3.63) is 0 Å². The van der Waals surface area contributed by atoms with E-state index in [1.165, 1.54) is 0 Å². The molecule has 0 aromatic rings. The smallest absolute Gasteiger partial charge is 0.231 e. The van der Waals surface area contributed by atoms with Crippen molar-refractivity contribution in [2.45, 2.75) is 59.5 Å². The van der Waals surface area contributed by atoms with E-state index in [4.69, 9.17) is 5.73 Å². The average Bonchev–Trinajstić information content (AvgIpc) is 2.61. The predicted octanol–water partition coefficient (Wildman–Crippen LogP) is 1.99. The van der Waals surface area contributed by atoms with E-state index in [0.717, 1.165) is 0 Å². The average molecular weight is 251 g/mol. The van der Waals surface area contributed by atoms with E-state index in [9.17, 15) is 4.79 Å². The van der Waals surface area contributed by atoms with Gasteiger partial charge in [-0.1, -0.05) is 20.8 Å². The maximum absolute atomic E-state index is 12.3. The van der Waals surface area contributed by atoms with E-state index >= 15 is 0 Å². The van der Waals surface area contributed by atoms with Crippen molar-refractivity contribution in [3.63, 3.8) is 0 Å². The zero-order valence-electron chi connectivity index (χ0n) is 12.3. The second-order valence-electron chi connectivity index (χ2n) is 7.10. The number of hydrogen-bond donors (Lipinski definition) is 1. The van der Waals surface area contributed by atoms with Crippen LogP contribution in [0.1, 0.15) is 48.0 Å². The molecule has 0 aromatic carbocycles. The van der Waals surface area contributed by atoms with E-state index in [1.54, 1.807) is 4.90 Å². The summed E-state index contributed by atoms with van der Waals surface area (Å²) in [4.78, 5) is 18.4. The van der Waals surface area contributed by atoms with Crippen molar-refractivity contribution in [2.24, 2.45) is 28.0 Å². The predicted molar refractivity (Wildman–Crippen MR) is 73.1 cm³/mol. The highest BCUT2D eigenvalue weighted by molar-refractivity contribution is 5.99. The summed E-state index contributed by atoms with van der Waals surface area (Å²) in [7, 11) is 0. The molecule has 2 rings (SSSR count). The number of hydrogen-bond acceptors (Lipinski definition) is 3. The maximum atomic E-state index is 12.3. The van der Waals surface area contributed by atoms with Gasteiger partial charge in [0.25, 0.3) is 0 Å². The zero-order chi connectivity index (χ0) is 13.9. The lowest BCUT2D eigenvalue weighted by Gasteiger charge is -2.37. The molecule has 1 aliphatic carbocycles. The number of nitrogens with two attached hydrogens (primary N) is 1. The molecule has 0 bridgehead atoms. The Balaban J connectivity index is 2.22. The first-order valence-corrected chi connectivity index (χ1v) is 6.75. The number of rotatable bonds is 2. The first kappa shape index (κ1) is 13.4. The summed E-state index contributed by atoms with van der Waals surface area (Å²) in [5, 5.41) is 0. The third-order valence-corrected chi connectivity index (χ3v) is 4.91. The first-order chi connectivity index (χ1) is 8.08. The molecule has 102 valence electrons. The van der Waals surface area contributed by atoms with Gasteiger partial charge in [0.1, 0.15) is 0 Å². The quantitative estimate of drug-likeness (QED) is 0.816. The first-order valence-electron chi connectivity index (χ1n) is 6.75. The Morgan fingerprint density at radius 2 is 1.89 bits per heavy atom. The Morgan fingerprint density at radius 3 is 2.28 bits per heavy atom. The van der Waals surface area contributed by atoms with Gasteiger partial charge in [-0.2, -0.15) is 0 Å². The van der Waals surface area contributed by atoms with Gasteiger partial charge in [0.05, 0.1) is 12.0 Å². The molecule has 0 saturated heterocycles. The van der Waals surface area contributed by atoms with Crippen molar-refractivity contribution in [2.75, 3.05) is 0 Å². The van der Waals surface area contributed by atoms with Crippen LogP contribution in [0.4, 0.5) is 0 Å². The maximum Gasteiger partial charge on any atom is 0.231 e. The minimum absolute atomic E-state index is 0.106. The molecule has 0 spiro atoms. The van der Waals surface area contributed by atoms with Crippen LogP contribution in [0.3, 0.4) is 0 Å². The highest BCUT2D eigenvalue weighted by Crippen LogP contribution is 2.60. The molecule has 0 radical (unpaired) electrons. The standard InChI is InChI=1S/C14H25N3O/c1-8-11(14(8,5)6)9(2)17-10(18)7-13(3,4)16-12(17)15/h8-9,11H,7H2,1-6H3,(H2,15,16)/t8-,9+,11+/m0/s1. The normalized spacial score (nSPS) is 35.1. The van der Waals surface area contributed by atoms with Crippen LogP contribution in [-0.2, 0) is 4.79 Å². The lowest BCUT2D eigenvalue weighted by Crippen LogP contribution is -2.54. The summed E-state index contributed by atoms with van der Waals surface area (Å²) in [6, 6.07) is 0.141. The number of guanidine groups is 1. The second kappa shape index (κ2) is 3.72. The molecule has 1 heterocycles. The van der Waals surface area contributed by atoms with Gasteiger partial charge in [-0.05, 0) is 38.0 Å². The fourth-order valence-electron chi connectivity index (χ4n) is 3.56. The number of aliphatic imine (C=N–C) groups is 1. The van der Waals surface area contributed by atoms with E-state index < -0.39 is 0 Å². The van der Waals surface area contributed by atoms with Crippen molar-refractivity contribution in [3.8, 4) is 0 Å². The van der Waals surface area contributed by atoms with E-state index in [-0.39, 0.29) is 17.5 Å². The van der Waals surface area contributed by atoms with Crippen LogP contribution >= 0.6 is 0 Å². The minimum atomic E-state index is -0.359. The van der Waals surface area contributed by atoms with Gasteiger partial charge in [0, 0.05) is 6.04 Å². The van der Waals surface area contributed by atoms with Gasteiger partial charge < -0.3 is 5.73 Å². The summed E-state index contributed by atoms with van der Waals surface area (Å²) in [6.45, 7) is 12.7. The molecule has 0 unspecified atom stereocenters. The fraction of sp³-hybridized carbons (Fsp3) is 0.857. The van der Waals surface area contributed by atoms with Crippen molar-refractivity contribution >= 4 is 11.9 Å². The summed E-state index contributed by atoms with van der Waals surface area (Å²) in [6.07, 6.45) is 0.444. The summed E-state index contributed by atoms with van der Waals surface area (Å²) in [5.41, 5.74) is 5.94. The third kappa shape index (κ3) is 1.91. The van der Waals surface area contributed by atoms with Gasteiger partial charge in [-0.25, -0.2) is 4.99 Å². The van der Waals surface area contributed by atoms with Crippen LogP contribution in [0.25, 0.3) is 0 Å². The highest BCUT2D eigenvalue weighted by atomic mass is 16.2. The molecule has 4 heteroatoms. The molecule has 1 aliphatic heterocycles. The SMILES string of the molecule is C[C@H]([C@H]1[C@H](C)C1(C)C)N1C(=O)CC(C)(C)N=C1N. The monoisotopic (exact) mass is 251 g/mol. The summed E-state index contributed by atoms with van der Waals surface area (Å²) >= 11 is 0. The number of amides is 1. The Hall–Kier alpha value is -1.06. The number of carbonyl (C=O) groups is 1. The van der Waals surface area contributed by atoms with Gasteiger partial charge in [0.15, 0.2) is 5.96 Å². The second-order valence-corrected chi connectivity index (χ2v) is 7.10. The number of carbonyl (C=O) groups excluding carboxylic acids is 1. The molecule has 0 aromatic heterocycles. The Kier molecular flexibility index (Phi) is 2.76. The van der Waals surface area contributed by atoms with Crippen LogP contribution in [0.2, 0.25) is 0 Å². The molecule has 18 heavy (non-hydrogen) atoms. The van der Waals surface area contributed by atoms with Gasteiger partial charge in [-0.3, -0.25) is 9.69 Å². The Labute approximate surface area is 110 Å². The molecule has 1 fully saturated rings. The molecule has 4 nitrogen and oxygen atoms in total. The number of nitrogens with zero attached hydrogens (tertiary/aromatic N) is 2. The highest BCUT2D eigenvalue weighted by Gasteiger charge is 2.59. The van der Waals surface area contributed by atoms with Crippen LogP contribution in [0.15, 0.2) is 4.99 Å². The van der Waals surface area contributed by atoms with E-state index in [1.807, 2.05) is 13.8 Å². The van der Waals surface area contributed by atoms with Crippen molar-refractivity contribution in [1.29, 1.82) is 0 Å². The molecule has 3 atom stereocenters. The van der Waals surface area contributed by atoms with Crippen LogP contribution < -0.4 is 5.73 Å². The lowest BCUT2D eigenvalue weighted by molar-refractivity contribution is -0.131. The lowest BCUT2D eigenvalue weighted by atomic mass is 9.97. The molecular weight excluding hydrogens is 226 g/mol. The molecule has 2 N–H and O–H groups in total. The Morgan fingerprint density at radius 1 is 1.39 bits per heavy atom. The summed E-state index contributed by atoms with van der Waals surface area (Å²) in [5.74, 6) is 1.63. The van der Waals surface area contributed by atoms with Gasteiger partial charge in [0.2, 0.25) is 5.91 Å². The third-order valence-electron chi connectivity index (χ3n) is 4.91. The van der Waals surface area contributed by atoms with E-state index in [2.05, 4.69) is 32.7 Å². The molecule has 1 saturated carbocycles. The van der Waals surface area contributed by atoms with Crippen LogP contribution in [-0.4, -0.2) is 28.3 Å². The van der Waals surface area contributed by atoms with Crippen LogP contribution in [0.5, 0.6) is 0 Å². The fourth-order valence-corrected chi connectivity index (χ4v) is 3.56.